The van der Waals surface area contributed by atoms with Crippen molar-refractivity contribution in [3.8, 4) is 0 Å². The summed E-state index contributed by atoms with van der Waals surface area (Å²) in [7, 11) is 0. The lowest BCUT2D eigenvalue weighted by atomic mass is 10.0. The van der Waals surface area contributed by atoms with Gasteiger partial charge < -0.3 is 5.73 Å². The van der Waals surface area contributed by atoms with E-state index in [0.717, 1.165) is 5.56 Å². The lowest BCUT2D eigenvalue weighted by Gasteiger charge is -2.15. The van der Waals surface area contributed by atoms with Gasteiger partial charge in [0.1, 0.15) is 0 Å². The summed E-state index contributed by atoms with van der Waals surface area (Å²) in [5, 5.41) is 0.526. The van der Waals surface area contributed by atoms with Crippen LogP contribution < -0.4 is 5.73 Å². The molecule has 1 rings (SSSR count). The maximum Gasteiger partial charge on any atom is 0.390 e. The van der Waals surface area contributed by atoms with Crippen LogP contribution in [0.5, 0.6) is 0 Å². The predicted octanol–water partition coefficient (Wildman–Crippen LogP) is 4.02. The van der Waals surface area contributed by atoms with Gasteiger partial charge in [-0.15, -0.1) is 12.4 Å². The molecule has 1 aromatic carbocycles. The quantitative estimate of drug-likeness (QED) is 0.865. The van der Waals surface area contributed by atoms with Gasteiger partial charge in [0, 0.05) is 11.1 Å². The molecule has 1 atom stereocenters. The minimum atomic E-state index is -4.24. The second kappa shape index (κ2) is 5.75. The Bertz CT molecular complexity index is 352. The SMILES string of the molecule is Cc1cc([C@H](N)CC(F)(F)F)ccc1Cl.Cl. The van der Waals surface area contributed by atoms with Gasteiger partial charge in [0.25, 0.3) is 0 Å². The summed E-state index contributed by atoms with van der Waals surface area (Å²) in [5.74, 6) is 0. The van der Waals surface area contributed by atoms with E-state index in [0.29, 0.717) is 10.6 Å². The van der Waals surface area contributed by atoms with E-state index < -0.39 is 18.6 Å². The molecule has 0 fully saturated rings. The van der Waals surface area contributed by atoms with Crippen molar-refractivity contribution in [1.82, 2.24) is 0 Å². The van der Waals surface area contributed by atoms with Gasteiger partial charge in [-0.2, -0.15) is 13.2 Å². The molecule has 1 aromatic rings. The van der Waals surface area contributed by atoms with Crippen molar-refractivity contribution in [2.75, 3.05) is 0 Å². The van der Waals surface area contributed by atoms with Gasteiger partial charge in [-0.05, 0) is 24.1 Å². The van der Waals surface area contributed by atoms with Crippen LogP contribution in [0.15, 0.2) is 18.2 Å². The largest absolute Gasteiger partial charge is 0.390 e. The molecule has 1 nitrogen and oxygen atoms in total. The zero-order valence-corrected chi connectivity index (χ0v) is 10.1. The first kappa shape index (κ1) is 15.5. The highest BCUT2D eigenvalue weighted by Gasteiger charge is 2.30. The molecule has 0 unspecified atom stereocenters. The van der Waals surface area contributed by atoms with E-state index >= 15 is 0 Å². The van der Waals surface area contributed by atoms with Crippen LogP contribution >= 0.6 is 24.0 Å². The van der Waals surface area contributed by atoms with Crippen molar-refractivity contribution in [2.24, 2.45) is 5.73 Å². The van der Waals surface area contributed by atoms with E-state index in [2.05, 4.69) is 0 Å². The third-order valence-electron chi connectivity index (χ3n) is 2.06. The van der Waals surface area contributed by atoms with Gasteiger partial charge in [0.2, 0.25) is 0 Å². The Balaban J connectivity index is 0.00000225. The Kier molecular flexibility index (Phi) is 5.59. The molecule has 0 bridgehead atoms. The van der Waals surface area contributed by atoms with Gasteiger partial charge in [-0.1, -0.05) is 23.7 Å². The summed E-state index contributed by atoms with van der Waals surface area (Å²) in [6, 6.07) is 3.63. The Labute approximate surface area is 103 Å². The van der Waals surface area contributed by atoms with Crippen molar-refractivity contribution in [2.45, 2.75) is 25.6 Å². The molecule has 0 radical (unpaired) electrons. The highest BCUT2D eigenvalue weighted by Crippen LogP contribution is 2.29. The third-order valence-corrected chi connectivity index (χ3v) is 2.49. The van der Waals surface area contributed by atoms with E-state index in [1.165, 1.54) is 6.07 Å². The van der Waals surface area contributed by atoms with E-state index in [1.807, 2.05) is 0 Å². The normalized spacial score (nSPS) is 13.1. The van der Waals surface area contributed by atoms with Crippen LogP contribution in [0.1, 0.15) is 23.6 Å². The molecule has 6 heteroatoms. The van der Waals surface area contributed by atoms with Crippen LogP contribution in [-0.2, 0) is 0 Å². The van der Waals surface area contributed by atoms with E-state index in [4.69, 9.17) is 17.3 Å². The first-order valence-corrected chi connectivity index (χ1v) is 4.76. The fourth-order valence-corrected chi connectivity index (χ4v) is 1.38. The molecule has 0 heterocycles. The van der Waals surface area contributed by atoms with Crippen LogP contribution in [0.25, 0.3) is 0 Å². The number of alkyl halides is 3. The van der Waals surface area contributed by atoms with Crippen molar-refractivity contribution < 1.29 is 13.2 Å². The molecule has 0 saturated heterocycles. The molecule has 0 aliphatic rings. The summed E-state index contributed by atoms with van der Waals surface area (Å²) in [6.07, 6.45) is -5.26. The minimum Gasteiger partial charge on any atom is -0.324 e. The number of hydrogen-bond acceptors (Lipinski definition) is 1. The number of rotatable bonds is 2. The van der Waals surface area contributed by atoms with Crippen molar-refractivity contribution >= 4 is 24.0 Å². The summed E-state index contributed by atoms with van der Waals surface area (Å²) in [6.45, 7) is 1.73. The van der Waals surface area contributed by atoms with Gasteiger partial charge in [0.15, 0.2) is 0 Å². The zero-order chi connectivity index (χ0) is 11.6. The standard InChI is InChI=1S/C10H11ClF3N.ClH/c1-6-4-7(2-3-8(6)11)9(15)5-10(12,13)14;/h2-4,9H,5,15H2,1H3;1H/t9-;/m1./s1. The van der Waals surface area contributed by atoms with Crippen molar-refractivity contribution in [3.05, 3.63) is 34.3 Å². The second-order valence-corrected chi connectivity index (χ2v) is 3.84. The fraction of sp³-hybridized carbons (Fsp3) is 0.400. The first-order valence-electron chi connectivity index (χ1n) is 4.38. The second-order valence-electron chi connectivity index (χ2n) is 3.43. The molecule has 0 saturated carbocycles. The third kappa shape index (κ3) is 4.60. The lowest BCUT2D eigenvalue weighted by molar-refractivity contribution is -0.138. The minimum absolute atomic E-state index is 0. The summed E-state index contributed by atoms with van der Waals surface area (Å²) < 4.78 is 36.2. The zero-order valence-electron chi connectivity index (χ0n) is 8.51. The Hall–Kier alpha value is -0.450. The van der Waals surface area contributed by atoms with E-state index in [1.54, 1.807) is 19.1 Å². The Morgan fingerprint density at radius 1 is 1.38 bits per heavy atom. The van der Waals surface area contributed by atoms with Crippen LogP contribution in [0.2, 0.25) is 5.02 Å². The Morgan fingerprint density at radius 2 is 1.94 bits per heavy atom. The highest BCUT2D eigenvalue weighted by atomic mass is 35.5. The summed E-state index contributed by atoms with van der Waals surface area (Å²) in [4.78, 5) is 0. The highest BCUT2D eigenvalue weighted by molar-refractivity contribution is 6.31. The molecular weight excluding hydrogens is 262 g/mol. The Morgan fingerprint density at radius 3 is 2.38 bits per heavy atom. The average molecular weight is 274 g/mol. The molecule has 2 N–H and O–H groups in total. The molecule has 0 aliphatic heterocycles. The number of nitrogens with two attached hydrogens (primary N) is 1. The number of benzene rings is 1. The van der Waals surface area contributed by atoms with Crippen molar-refractivity contribution in [3.63, 3.8) is 0 Å². The number of hydrogen-bond donors (Lipinski definition) is 1. The summed E-state index contributed by atoms with van der Waals surface area (Å²) >= 11 is 5.76. The molecule has 92 valence electrons. The van der Waals surface area contributed by atoms with Crippen LogP contribution in [0.3, 0.4) is 0 Å². The maximum atomic E-state index is 12.1. The van der Waals surface area contributed by atoms with Gasteiger partial charge in [-0.25, -0.2) is 0 Å². The predicted molar refractivity (Wildman–Crippen MR) is 61.0 cm³/mol. The molecule has 0 amide bonds. The molecule has 0 spiro atoms. The van der Waals surface area contributed by atoms with Gasteiger partial charge in [-0.3, -0.25) is 0 Å². The first-order chi connectivity index (χ1) is 6.79. The molecule has 0 aromatic heterocycles. The maximum absolute atomic E-state index is 12.1. The fourth-order valence-electron chi connectivity index (χ4n) is 1.27. The topological polar surface area (TPSA) is 26.0 Å². The molecule has 0 aliphatic carbocycles. The lowest BCUT2D eigenvalue weighted by Crippen LogP contribution is -2.20. The van der Waals surface area contributed by atoms with Crippen LogP contribution in [-0.4, -0.2) is 6.18 Å². The van der Waals surface area contributed by atoms with Gasteiger partial charge in [0.05, 0.1) is 6.42 Å². The molecular formula is C10H12Cl2F3N. The van der Waals surface area contributed by atoms with E-state index in [9.17, 15) is 13.2 Å². The number of halogens is 5. The molecule has 16 heavy (non-hydrogen) atoms. The van der Waals surface area contributed by atoms with Crippen LogP contribution in [0, 0.1) is 6.92 Å². The van der Waals surface area contributed by atoms with Crippen LogP contribution in [0.4, 0.5) is 13.2 Å². The van der Waals surface area contributed by atoms with Gasteiger partial charge >= 0.3 is 6.18 Å². The number of aryl methyl sites for hydroxylation is 1. The monoisotopic (exact) mass is 273 g/mol. The van der Waals surface area contributed by atoms with Crippen molar-refractivity contribution in [1.29, 1.82) is 0 Å². The summed E-state index contributed by atoms with van der Waals surface area (Å²) in [5.41, 5.74) is 6.62. The average Bonchev–Trinajstić information content (AvgIpc) is 2.06. The van der Waals surface area contributed by atoms with E-state index in [-0.39, 0.29) is 12.4 Å². The smallest absolute Gasteiger partial charge is 0.324 e.